The second-order valence-electron chi connectivity index (χ2n) is 5.04. The van der Waals surface area contributed by atoms with Crippen LogP contribution in [0.4, 0.5) is 0 Å². The summed E-state index contributed by atoms with van der Waals surface area (Å²) in [7, 11) is 0. The van der Waals surface area contributed by atoms with Crippen LogP contribution in [0.1, 0.15) is 21.5 Å². The molecule has 0 unspecified atom stereocenters. The number of carbonyl (C=O) groups is 1. The normalized spacial score (nSPS) is 10.4. The van der Waals surface area contributed by atoms with Crippen molar-refractivity contribution in [1.29, 1.82) is 0 Å². The van der Waals surface area contributed by atoms with Crippen LogP contribution < -0.4 is 5.32 Å². The van der Waals surface area contributed by atoms with Crippen molar-refractivity contribution in [3.05, 3.63) is 78.0 Å². The molecule has 0 fully saturated rings. The maximum Gasteiger partial charge on any atom is 0.251 e. The average Bonchev–Trinajstić information content (AvgIpc) is 3.09. The van der Waals surface area contributed by atoms with Gasteiger partial charge in [0.15, 0.2) is 0 Å². The van der Waals surface area contributed by atoms with Crippen molar-refractivity contribution in [2.45, 2.75) is 13.5 Å². The van der Waals surface area contributed by atoms with E-state index in [9.17, 15) is 4.79 Å². The van der Waals surface area contributed by atoms with Crippen molar-refractivity contribution in [3.8, 4) is 5.82 Å². The van der Waals surface area contributed by atoms with Crippen LogP contribution in [0, 0.1) is 6.92 Å². The Morgan fingerprint density at radius 2 is 2.00 bits per heavy atom. The Labute approximate surface area is 128 Å². The Morgan fingerprint density at radius 3 is 2.73 bits per heavy atom. The fourth-order valence-corrected chi connectivity index (χ4v) is 2.09. The summed E-state index contributed by atoms with van der Waals surface area (Å²) in [4.78, 5) is 20.5. The van der Waals surface area contributed by atoms with Gasteiger partial charge in [-0.05, 0) is 24.6 Å². The molecule has 22 heavy (non-hydrogen) atoms. The monoisotopic (exact) mass is 292 g/mol. The number of hydrogen-bond donors (Lipinski definition) is 1. The SMILES string of the molecule is Cc1ccc(CNC(=O)c2ccnc(-n3ccnc3)c2)cc1. The number of hydrogen-bond acceptors (Lipinski definition) is 3. The Bertz CT molecular complexity index is 764. The van der Waals surface area contributed by atoms with Crippen LogP contribution in [-0.2, 0) is 6.54 Å². The first-order chi connectivity index (χ1) is 10.7. The summed E-state index contributed by atoms with van der Waals surface area (Å²) in [5.41, 5.74) is 2.85. The lowest BCUT2D eigenvalue weighted by Crippen LogP contribution is -2.23. The molecule has 0 aliphatic rings. The van der Waals surface area contributed by atoms with Crippen LogP contribution >= 0.6 is 0 Å². The maximum absolute atomic E-state index is 12.2. The van der Waals surface area contributed by atoms with Gasteiger partial charge in [0.1, 0.15) is 12.1 Å². The molecule has 110 valence electrons. The molecule has 0 radical (unpaired) electrons. The average molecular weight is 292 g/mol. The molecule has 0 bridgehead atoms. The van der Waals surface area contributed by atoms with E-state index in [1.165, 1.54) is 5.56 Å². The van der Waals surface area contributed by atoms with Crippen molar-refractivity contribution in [2.75, 3.05) is 0 Å². The molecule has 0 atom stereocenters. The van der Waals surface area contributed by atoms with E-state index in [4.69, 9.17) is 0 Å². The van der Waals surface area contributed by atoms with E-state index in [0.29, 0.717) is 17.9 Å². The Balaban J connectivity index is 1.70. The Hall–Kier alpha value is -2.95. The summed E-state index contributed by atoms with van der Waals surface area (Å²) < 4.78 is 1.76. The Kier molecular flexibility index (Phi) is 3.96. The van der Waals surface area contributed by atoms with Gasteiger partial charge in [0.2, 0.25) is 0 Å². The van der Waals surface area contributed by atoms with E-state index in [-0.39, 0.29) is 5.91 Å². The third-order valence-corrected chi connectivity index (χ3v) is 3.35. The molecule has 2 heterocycles. The molecule has 0 aliphatic heterocycles. The zero-order valence-electron chi connectivity index (χ0n) is 12.2. The molecule has 5 nitrogen and oxygen atoms in total. The number of rotatable bonds is 4. The zero-order valence-corrected chi connectivity index (χ0v) is 12.2. The van der Waals surface area contributed by atoms with Crippen LogP contribution in [0.3, 0.4) is 0 Å². The lowest BCUT2D eigenvalue weighted by molar-refractivity contribution is 0.0951. The number of nitrogens with zero attached hydrogens (tertiary/aromatic N) is 3. The third kappa shape index (κ3) is 3.20. The highest BCUT2D eigenvalue weighted by molar-refractivity contribution is 5.94. The van der Waals surface area contributed by atoms with Gasteiger partial charge < -0.3 is 5.32 Å². The molecule has 0 saturated heterocycles. The third-order valence-electron chi connectivity index (χ3n) is 3.35. The van der Waals surface area contributed by atoms with E-state index >= 15 is 0 Å². The van der Waals surface area contributed by atoms with Gasteiger partial charge in [-0.3, -0.25) is 9.36 Å². The fourth-order valence-electron chi connectivity index (χ4n) is 2.09. The van der Waals surface area contributed by atoms with Gasteiger partial charge in [-0.15, -0.1) is 0 Å². The minimum absolute atomic E-state index is 0.121. The molecule has 0 saturated carbocycles. The largest absolute Gasteiger partial charge is 0.348 e. The highest BCUT2D eigenvalue weighted by Gasteiger charge is 2.07. The van der Waals surface area contributed by atoms with E-state index in [2.05, 4.69) is 15.3 Å². The standard InChI is InChI=1S/C17H16N4O/c1-13-2-4-14(5-3-13)11-20-17(22)15-6-7-19-16(10-15)21-9-8-18-12-21/h2-10,12H,11H2,1H3,(H,20,22). The highest BCUT2D eigenvalue weighted by Crippen LogP contribution is 2.08. The molecular formula is C17H16N4O. The highest BCUT2D eigenvalue weighted by atomic mass is 16.1. The van der Waals surface area contributed by atoms with Crippen molar-refractivity contribution < 1.29 is 4.79 Å². The van der Waals surface area contributed by atoms with Crippen LogP contribution in [0.15, 0.2) is 61.3 Å². The topological polar surface area (TPSA) is 59.8 Å². The van der Waals surface area contributed by atoms with Crippen LogP contribution in [-0.4, -0.2) is 20.4 Å². The molecule has 0 aliphatic carbocycles. The van der Waals surface area contributed by atoms with E-state index < -0.39 is 0 Å². The lowest BCUT2D eigenvalue weighted by Gasteiger charge is -2.07. The minimum atomic E-state index is -0.121. The first kappa shape index (κ1) is 14.0. The smallest absolute Gasteiger partial charge is 0.251 e. The van der Waals surface area contributed by atoms with E-state index in [1.807, 2.05) is 31.2 Å². The number of aryl methyl sites for hydroxylation is 1. The van der Waals surface area contributed by atoms with E-state index in [1.54, 1.807) is 41.6 Å². The predicted octanol–water partition coefficient (Wildman–Crippen LogP) is 2.51. The maximum atomic E-state index is 12.2. The van der Waals surface area contributed by atoms with Gasteiger partial charge in [-0.25, -0.2) is 9.97 Å². The molecule has 3 rings (SSSR count). The van der Waals surface area contributed by atoms with Crippen LogP contribution in [0.5, 0.6) is 0 Å². The quantitative estimate of drug-likeness (QED) is 0.803. The van der Waals surface area contributed by atoms with Crippen molar-refractivity contribution in [2.24, 2.45) is 0 Å². The number of benzene rings is 1. The first-order valence-electron chi connectivity index (χ1n) is 7.00. The summed E-state index contributed by atoms with van der Waals surface area (Å²) in [6.07, 6.45) is 6.73. The van der Waals surface area contributed by atoms with Gasteiger partial charge in [0, 0.05) is 30.7 Å². The molecule has 5 heteroatoms. The number of amides is 1. The molecule has 1 aromatic carbocycles. The molecule has 3 aromatic rings. The lowest BCUT2D eigenvalue weighted by atomic mass is 10.1. The molecule has 2 aromatic heterocycles. The summed E-state index contributed by atoms with van der Waals surface area (Å²) in [5.74, 6) is 0.546. The second kappa shape index (κ2) is 6.22. The fraction of sp³-hybridized carbons (Fsp3) is 0.118. The minimum Gasteiger partial charge on any atom is -0.348 e. The van der Waals surface area contributed by atoms with E-state index in [0.717, 1.165) is 5.56 Å². The van der Waals surface area contributed by atoms with Gasteiger partial charge >= 0.3 is 0 Å². The van der Waals surface area contributed by atoms with Gasteiger partial charge in [0.05, 0.1) is 0 Å². The van der Waals surface area contributed by atoms with Gasteiger partial charge in [-0.2, -0.15) is 0 Å². The van der Waals surface area contributed by atoms with Crippen LogP contribution in [0.2, 0.25) is 0 Å². The summed E-state index contributed by atoms with van der Waals surface area (Å²) in [6.45, 7) is 2.54. The number of carbonyl (C=O) groups excluding carboxylic acids is 1. The van der Waals surface area contributed by atoms with Crippen molar-refractivity contribution >= 4 is 5.91 Å². The van der Waals surface area contributed by atoms with Gasteiger partial charge in [0.25, 0.3) is 5.91 Å². The number of nitrogens with one attached hydrogen (secondary N) is 1. The van der Waals surface area contributed by atoms with Crippen LogP contribution in [0.25, 0.3) is 5.82 Å². The number of imidazole rings is 1. The summed E-state index contributed by atoms with van der Waals surface area (Å²) in [5, 5.41) is 2.92. The molecule has 1 N–H and O–H groups in total. The predicted molar refractivity (Wildman–Crippen MR) is 83.7 cm³/mol. The van der Waals surface area contributed by atoms with Gasteiger partial charge in [-0.1, -0.05) is 29.8 Å². The first-order valence-corrected chi connectivity index (χ1v) is 7.00. The molecular weight excluding hydrogens is 276 g/mol. The molecule has 1 amide bonds. The zero-order chi connectivity index (χ0) is 15.4. The second-order valence-corrected chi connectivity index (χ2v) is 5.04. The number of pyridine rings is 1. The molecule has 0 spiro atoms. The van der Waals surface area contributed by atoms with Crippen molar-refractivity contribution in [1.82, 2.24) is 19.9 Å². The van der Waals surface area contributed by atoms with Crippen molar-refractivity contribution in [3.63, 3.8) is 0 Å². The summed E-state index contributed by atoms with van der Waals surface area (Å²) >= 11 is 0. The summed E-state index contributed by atoms with van der Waals surface area (Å²) in [6, 6.07) is 11.5. The number of aromatic nitrogens is 3. The Morgan fingerprint density at radius 1 is 1.18 bits per heavy atom.